The van der Waals surface area contributed by atoms with E-state index in [4.69, 9.17) is 9.47 Å². The van der Waals surface area contributed by atoms with Gasteiger partial charge in [-0.2, -0.15) is 0 Å². The molecule has 0 amide bonds. The fraction of sp³-hybridized carbons (Fsp3) is 0.227. The van der Waals surface area contributed by atoms with E-state index >= 15 is 0 Å². The summed E-state index contributed by atoms with van der Waals surface area (Å²) in [7, 11) is 1.28. The van der Waals surface area contributed by atoms with Crippen molar-refractivity contribution in [1.29, 1.82) is 0 Å². The van der Waals surface area contributed by atoms with Gasteiger partial charge in [-0.3, -0.25) is 4.79 Å². The van der Waals surface area contributed by atoms with Gasteiger partial charge in [0.25, 0.3) is 0 Å². The van der Waals surface area contributed by atoms with Crippen LogP contribution in [-0.4, -0.2) is 35.9 Å². The third-order valence-corrected chi connectivity index (χ3v) is 4.71. The third kappa shape index (κ3) is 3.53. The van der Waals surface area contributed by atoms with E-state index in [1.165, 1.54) is 14.0 Å². The molecule has 1 aromatic heterocycles. The lowest BCUT2D eigenvalue weighted by Gasteiger charge is -2.12. The molecule has 6 heteroatoms. The Labute approximate surface area is 162 Å². The van der Waals surface area contributed by atoms with E-state index in [0.717, 1.165) is 10.8 Å². The van der Waals surface area contributed by atoms with E-state index in [0.29, 0.717) is 22.4 Å². The van der Waals surface area contributed by atoms with Crippen LogP contribution in [0.5, 0.6) is 0 Å². The quantitative estimate of drug-likeness (QED) is 0.535. The van der Waals surface area contributed by atoms with Gasteiger partial charge in [-0.25, -0.2) is 9.59 Å². The Balaban J connectivity index is 1.80. The molecule has 0 aliphatic heterocycles. The number of aromatic amines is 1. The lowest BCUT2D eigenvalue weighted by molar-refractivity contribution is 0.0317. The van der Waals surface area contributed by atoms with Crippen LogP contribution in [0.25, 0.3) is 10.8 Å². The van der Waals surface area contributed by atoms with Crippen LogP contribution in [0.2, 0.25) is 0 Å². The van der Waals surface area contributed by atoms with Crippen molar-refractivity contribution in [2.24, 2.45) is 0 Å². The number of esters is 2. The lowest BCUT2D eigenvalue weighted by atomic mass is 10.1. The van der Waals surface area contributed by atoms with Crippen LogP contribution >= 0.6 is 0 Å². The number of methoxy groups -OCH3 is 1. The molecule has 1 atom stereocenters. The molecule has 3 aromatic rings. The highest BCUT2D eigenvalue weighted by Crippen LogP contribution is 2.22. The smallest absolute Gasteiger partial charge is 0.339 e. The van der Waals surface area contributed by atoms with Gasteiger partial charge in [0, 0.05) is 5.69 Å². The molecule has 6 nitrogen and oxygen atoms in total. The number of H-pyrrole nitrogens is 1. The molecular formula is C22H21NO5. The Hall–Kier alpha value is -3.41. The summed E-state index contributed by atoms with van der Waals surface area (Å²) in [4.78, 5) is 40.0. The number of Topliss-reactive ketones (excluding diaryl/α,β-unsaturated/α-hetero) is 1. The highest BCUT2D eigenvalue weighted by molar-refractivity contribution is 6.05. The molecule has 0 radical (unpaired) electrons. The molecule has 3 rings (SSSR count). The number of hydrogen-bond donors (Lipinski definition) is 1. The van der Waals surface area contributed by atoms with Crippen LogP contribution in [0.15, 0.2) is 42.5 Å². The van der Waals surface area contributed by atoms with Gasteiger partial charge in [0.2, 0.25) is 5.78 Å². The summed E-state index contributed by atoms with van der Waals surface area (Å²) in [6.45, 7) is 4.84. The van der Waals surface area contributed by atoms with Crippen LogP contribution < -0.4 is 0 Å². The van der Waals surface area contributed by atoms with Crippen LogP contribution in [0, 0.1) is 13.8 Å². The number of carbonyl (C=O) groups excluding carboxylic acids is 3. The number of ether oxygens (including phenoxy) is 2. The first-order chi connectivity index (χ1) is 13.3. The predicted octanol–water partition coefficient (Wildman–Crippen LogP) is 4.00. The second-order valence-electron chi connectivity index (χ2n) is 6.59. The third-order valence-electron chi connectivity index (χ3n) is 4.71. The molecule has 0 spiro atoms. The number of ketones is 1. The number of fused-ring (bicyclic) bond motifs is 1. The normalized spacial score (nSPS) is 11.9. The maximum Gasteiger partial charge on any atom is 0.339 e. The summed E-state index contributed by atoms with van der Waals surface area (Å²) >= 11 is 0. The standard InChI is InChI=1S/C22H21NO5/c1-12-18(22(26)27-4)13(2)23-19(12)20(24)14(3)28-21(25)17-10-9-15-7-5-6-8-16(15)11-17/h5-11,14,23H,1-4H3. The number of nitrogens with one attached hydrogen (secondary N) is 1. The van der Waals surface area contributed by atoms with Gasteiger partial charge in [-0.05, 0) is 49.2 Å². The highest BCUT2D eigenvalue weighted by atomic mass is 16.5. The number of aryl methyl sites for hydroxylation is 1. The van der Waals surface area contributed by atoms with Crippen molar-refractivity contribution in [3.8, 4) is 0 Å². The van der Waals surface area contributed by atoms with Gasteiger partial charge in [-0.15, -0.1) is 0 Å². The van der Waals surface area contributed by atoms with Crippen molar-refractivity contribution in [2.45, 2.75) is 26.9 Å². The first kappa shape index (κ1) is 19.4. The Bertz CT molecular complexity index is 1080. The van der Waals surface area contributed by atoms with E-state index in [-0.39, 0.29) is 5.69 Å². The molecule has 0 fully saturated rings. The van der Waals surface area contributed by atoms with Gasteiger partial charge in [-0.1, -0.05) is 30.3 Å². The SMILES string of the molecule is COC(=O)c1c(C)[nH]c(C(=O)C(C)OC(=O)c2ccc3ccccc3c2)c1C. The molecular weight excluding hydrogens is 358 g/mol. The summed E-state index contributed by atoms with van der Waals surface area (Å²) in [6, 6.07) is 12.9. The maximum atomic E-state index is 12.8. The monoisotopic (exact) mass is 379 g/mol. The molecule has 1 N–H and O–H groups in total. The van der Waals surface area contributed by atoms with Gasteiger partial charge in [0.1, 0.15) is 0 Å². The first-order valence-electron chi connectivity index (χ1n) is 8.85. The second kappa shape index (κ2) is 7.68. The average Bonchev–Trinajstić information content (AvgIpc) is 3.00. The highest BCUT2D eigenvalue weighted by Gasteiger charge is 2.27. The van der Waals surface area contributed by atoms with Crippen molar-refractivity contribution in [2.75, 3.05) is 7.11 Å². The van der Waals surface area contributed by atoms with E-state index in [1.807, 2.05) is 30.3 Å². The zero-order valence-corrected chi connectivity index (χ0v) is 16.2. The Morgan fingerprint density at radius 2 is 1.64 bits per heavy atom. The first-order valence-corrected chi connectivity index (χ1v) is 8.85. The summed E-state index contributed by atoms with van der Waals surface area (Å²) in [5, 5.41) is 1.92. The maximum absolute atomic E-state index is 12.8. The van der Waals surface area contributed by atoms with E-state index in [2.05, 4.69) is 4.98 Å². The molecule has 0 aliphatic rings. The largest absolute Gasteiger partial charge is 0.465 e. The van der Waals surface area contributed by atoms with Crippen molar-refractivity contribution in [1.82, 2.24) is 4.98 Å². The summed E-state index contributed by atoms with van der Waals surface area (Å²) in [5.41, 5.74) is 1.92. The van der Waals surface area contributed by atoms with Gasteiger partial charge in [0.15, 0.2) is 6.10 Å². The number of aromatic nitrogens is 1. The van der Waals surface area contributed by atoms with Crippen LogP contribution in [0.1, 0.15) is 49.4 Å². The minimum atomic E-state index is -1.01. The average molecular weight is 379 g/mol. The van der Waals surface area contributed by atoms with Crippen molar-refractivity contribution < 1.29 is 23.9 Å². The molecule has 0 saturated carbocycles. The molecule has 2 aromatic carbocycles. The number of hydrogen-bond acceptors (Lipinski definition) is 5. The summed E-state index contributed by atoms with van der Waals surface area (Å²) in [6.07, 6.45) is -1.01. The molecule has 0 bridgehead atoms. The Kier molecular flexibility index (Phi) is 5.31. The van der Waals surface area contributed by atoms with Crippen molar-refractivity contribution in [3.63, 3.8) is 0 Å². The Morgan fingerprint density at radius 1 is 0.964 bits per heavy atom. The zero-order valence-electron chi connectivity index (χ0n) is 16.2. The van der Waals surface area contributed by atoms with Crippen LogP contribution in [0.3, 0.4) is 0 Å². The minimum absolute atomic E-state index is 0.233. The van der Waals surface area contributed by atoms with E-state index < -0.39 is 23.8 Å². The molecule has 1 unspecified atom stereocenters. The number of benzene rings is 2. The second-order valence-corrected chi connectivity index (χ2v) is 6.59. The molecule has 0 saturated heterocycles. The van der Waals surface area contributed by atoms with Gasteiger partial charge < -0.3 is 14.5 Å². The van der Waals surface area contributed by atoms with E-state index in [1.54, 1.807) is 26.0 Å². The van der Waals surface area contributed by atoms with Crippen molar-refractivity contribution in [3.05, 3.63) is 70.5 Å². The van der Waals surface area contributed by atoms with Crippen LogP contribution in [-0.2, 0) is 9.47 Å². The minimum Gasteiger partial charge on any atom is -0.465 e. The van der Waals surface area contributed by atoms with Gasteiger partial charge >= 0.3 is 11.9 Å². The van der Waals surface area contributed by atoms with Gasteiger partial charge in [0.05, 0.1) is 23.9 Å². The molecule has 0 aliphatic carbocycles. The molecule has 28 heavy (non-hydrogen) atoms. The fourth-order valence-corrected chi connectivity index (χ4v) is 3.21. The van der Waals surface area contributed by atoms with Crippen LogP contribution in [0.4, 0.5) is 0 Å². The van der Waals surface area contributed by atoms with E-state index in [9.17, 15) is 14.4 Å². The topological polar surface area (TPSA) is 85.5 Å². The molecule has 1 heterocycles. The summed E-state index contributed by atoms with van der Waals surface area (Å²) in [5.74, 6) is -1.52. The fourth-order valence-electron chi connectivity index (χ4n) is 3.21. The zero-order chi connectivity index (χ0) is 20.4. The lowest BCUT2D eigenvalue weighted by Crippen LogP contribution is -2.25. The predicted molar refractivity (Wildman–Crippen MR) is 105 cm³/mol. The van der Waals surface area contributed by atoms with Crippen molar-refractivity contribution >= 4 is 28.5 Å². The molecule has 144 valence electrons. The number of carbonyl (C=O) groups is 3. The number of rotatable bonds is 5. The summed E-state index contributed by atoms with van der Waals surface area (Å²) < 4.78 is 10.1. The Morgan fingerprint density at radius 3 is 2.32 bits per heavy atom.